The van der Waals surface area contributed by atoms with E-state index in [-0.39, 0.29) is 12.5 Å². The fraction of sp³-hybridized carbons (Fsp3) is 0.333. The maximum absolute atomic E-state index is 9.57. The molecule has 0 saturated carbocycles. The molecule has 0 aromatic heterocycles. The van der Waals surface area contributed by atoms with Gasteiger partial charge in [-0.25, -0.2) is 0 Å². The second-order valence-electron chi connectivity index (χ2n) is 2.59. The zero-order chi connectivity index (χ0) is 11.4. The minimum absolute atomic E-state index is 0.239. The summed E-state index contributed by atoms with van der Waals surface area (Å²) in [4.78, 5) is 0. The van der Waals surface area contributed by atoms with Crippen molar-refractivity contribution in [3.8, 4) is 11.5 Å². The number of phenols is 1. The van der Waals surface area contributed by atoms with Crippen LogP contribution in [-0.4, -0.2) is 18.5 Å². The van der Waals surface area contributed by atoms with Crippen LogP contribution in [0.5, 0.6) is 11.5 Å². The first kappa shape index (κ1) is 14.0. The van der Waals surface area contributed by atoms with Gasteiger partial charge in [0.1, 0.15) is 5.75 Å². The van der Waals surface area contributed by atoms with Gasteiger partial charge in [-0.05, 0) is 80.8 Å². The molecular weight excluding hydrogens is 537 g/mol. The van der Waals surface area contributed by atoms with Crippen LogP contribution in [0.15, 0.2) is 6.07 Å². The van der Waals surface area contributed by atoms with Crippen molar-refractivity contribution in [1.29, 1.82) is 0 Å². The predicted octanol–water partition coefficient (Wildman–Crippen LogP) is 3.58. The van der Waals surface area contributed by atoms with E-state index >= 15 is 0 Å². The molecule has 1 rings (SSSR count). The molecule has 0 radical (unpaired) electrons. The third-order valence-electron chi connectivity index (χ3n) is 1.59. The van der Waals surface area contributed by atoms with E-state index in [4.69, 9.17) is 9.47 Å². The van der Waals surface area contributed by atoms with Gasteiger partial charge >= 0.3 is 0 Å². The summed E-state index contributed by atoms with van der Waals surface area (Å²) >= 11 is 6.38. The predicted molar refractivity (Wildman–Crippen MR) is 83.4 cm³/mol. The molecule has 3 nitrogen and oxygen atoms in total. The molecule has 0 aliphatic carbocycles. The largest absolute Gasteiger partial charge is 0.507 e. The molecule has 0 fully saturated rings. The van der Waals surface area contributed by atoms with E-state index in [1.165, 1.54) is 0 Å². The Morgan fingerprint density at radius 3 is 2.53 bits per heavy atom. The fourth-order valence-corrected chi connectivity index (χ4v) is 3.24. The van der Waals surface area contributed by atoms with Crippen molar-refractivity contribution in [2.75, 3.05) is 13.4 Å². The summed E-state index contributed by atoms with van der Waals surface area (Å²) in [5.41, 5.74) is 0. The summed E-state index contributed by atoms with van der Waals surface area (Å²) in [6.45, 7) is 2.78. The van der Waals surface area contributed by atoms with Crippen LogP contribution in [0.3, 0.4) is 0 Å². The molecule has 0 amide bonds. The summed E-state index contributed by atoms with van der Waals surface area (Å²) in [5.74, 6) is 1.06. The number of aromatic hydroxyl groups is 1. The standard InChI is InChI=1S/C9H9I3O3/c1-2-14-4-15-9-5(10)3-6(13)7(11)8(9)12/h3,13H,2,4H2,1H3. The van der Waals surface area contributed by atoms with Gasteiger partial charge in [0.25, 0.3) is 0 Å². The van der Waals surface area contributed by atoms with Crippen LogP contribution in [0.2, 0.25) is 0 Å². The normalized spacial score (nSPS) is 10.4. The smallest absolute Gasteiger partial charge is 0.189 e. The molecule has 0 aliphatic rings. The van der Waals surface area contributed by atoms with E-state index in [0.717, 1.165) is 16.5 Å². The molecule has 0 saturated heterocycles. The van der Waals surface area contributed by atoms with Crippen molar-refractivity contribution in [1.82, 2.24) is 0 Å². The zero-order valence-corrected chi connectivity index (χ0v) is 14.4. The highest BCUT2D eigenvalue weighted by Crippen LogP contribution is 2.36. The lowest BCUT2D eigenvalue weighted by molar-refractivity contribution is 0.0213. The van der Waals surface area contributed by atoms with Crippen molar-refractivity contribution in [2.24, 2.45) is 0 Å². The summed E-state index contributed by atoms with van der Waals surface area (Å²) < 4.78 is 13.2. The molecule has 15 heavy (non-hydrogen) atoms. The number of rotatable bonds is 4. The molecule has 0 bridgehead atoms. The van der Waals surface area contributed by atoms with Gasteiger partial charge in [-0.15, -0.1) is 0 Å². The number of hydrogen-bond acceptors (Lipinski definition) is 3. The van der Waals surface area contributed by atoms with Crippen molar-refractivity contribution >= 4 is 67.8 Å². The molecule has 84 valence electrons. The second kappa shape index (κ2) is 6.64. The molecule has 0 heterocycles. The number of benzene rings is 1. The Morgan fingerprint density at radius 1 is 1.27 bits per heavy atom. The van der Waals surface area contributed by atoms with Gasteiger partial charge in [-0.2, -0.15) is 0 Å². The van der Waals surface area contributed by atoms with E-state index in [0.29, 0.717) is 6.61 Å². The molecule has 1 aromatic carbocycles. The average molecular weight is 546 g/mol. The Labute approximate surface area is 129 Å². The monoisotopic (exact) mass is 546 g/mol. The first-order valence-corrected chi connectivity index (χ1v) is 7.38. The second-order valence-corrected chi connectivity index (χ2v) is 5.91. The third-order valence-corrected chi connectivity index (χ3v) is 5.54. The van der Waals surface area contributed by atoms with Crippen molar-refractivity contribution in [3.63, 3.8) is 0 Å². The highest BCUT2D eigenvalue weighted by Gasteiger charge is 2.14. The van der Waals surface area contributed by atoms with Crippen LogP contribution in [0, 0.1) is 10.7 Å². The summed E-state index contributed by atoms with van der Waals surface area (Å²) in [5, 5.41) is 9.57. The topological polar surface area (TPSA) is 38.7 Å². The lowest BCUT2D eigenvalue weighted by atomic mass is 10.3. The minimum atomic E-state index is 0.239. The van der Waals surface area contributed by atoms with Crippen molar-refractivity contribution in [2.45, 2.75) is 6.92 Å². The van der Waals surface area contributed by atoms with E-state index in [1.54, 1.807) is 6.07 Å². The number of phenolic OH excluding ortho intramolecular Hbond substituents is 1. The third kappa shape index (κ3) is 3.73. The lowest BCUT2D eigenvalue weighted by Crippen LogP contribution is -2.05. The van der Waals surface area contributed by atoms with E-state index < -0.39 is 0 Å². The number of hydrogen-bond donors (Lipinski definition) is 1. The summed E-state index contributed by atoms with van der Waals surface area (Å²) in [6.07, 6.45) is 0. The molecular formula is C9H9I3O3. The van der Waals surface area contributed by atoms with Crippen LogP contribution < -0.4 is 4.74 Å². The molecule has 1 aromatic rings. The Morgan fingerprint density at radius 2 is 1.93 bits per heavy atom. The van der Waals surface area contributed by atoms with E-state index in [2.05, 4.69) is 67.8 Å². The number of halogens is 3. The number of ether oxygens (including phenoxy) is 2. The van der Waals surface area contributed by atoms with Crippen molar-refractivity contribution in [3.05, 3.63) is 16.8 Å². The Kier molecular flexibility index (Phi) is 6.22. The maximum atomic E-state index is 9.57. The molecule has 0 spiro atoms. The fourth-order valence-electron chi connectivity index (χ4n) is 0.882. The van der Waals surface area contributed by atoms with E-state index in [1.807, 2.05) is 6.92 Å². The molecule has 0 aliphatic heterocycles. The molecule has 0 atom stereocenters. The van der Waals surface area contributed by atoms with Crippen LogP contribution in [-0.2, 0) is 4.74 Å². The van der Waals surface area contributed by atoms with Gasteiger partial charge < -0.3 is 14.6 Å². The first-order valence-electron chi connectivity index (χ1n) is 4.15. The molecule has 1 N–H and O–H groups in total. The van der Waals surface area contributed by atoms with Gasteiger partial charge in [0.05, 0.1) is 10.7 Å². The van der Waals surface area contributed by atoms with Gasteiger partial charge in [0, 0.05) is 6.61 Å². The van der Waals surface area contributed by atoms with Crippen LogP contribution >= 0.6 is 67.8 Å². The summed E-state index contributed by atoms with van der Waals surface area (Å²) in [6, 6.07) is 1.69. The van der Waals surface area contributed by atoms with Crippen LogP contribution in [0.4, 0.5) is 0 Å². The van der Waals surface area contributed by atoms with Crippen LogP contribution in [0.25, 0.3) is 0 Å². The highest BCUT2D eigenvalue weighted by molar-refractivity contribution is 14.1. The SMILES string of the molecule is CCOCOc1c(I)cc(O)c(I)c1I. The van der Waals surface area contributed by atoms with Gasteiger partial charge in [0.15, 0.2) is 12.5 Å². The van der Waals surface area contributed by atoms with Crippen molar-refractivity contribution < 1.29 is 14.6 Å². The zero-order valence-electron chi connectivity index (χ0n) is 7.89. The Hall–Kier alpha value is 0.970. The lowest BCUT2D eigenvalue weighted by Gasteiger charge is -2.12. The average Bonchev–Trinajstić information content (AvgIpc) is 2.20. The molecule has 0 unspecified atom stereocenters. The van der Waals surface area contributed by atoms with E-state index in [9.17, 15) is 5.11 Å². The molecule has 6 heteroatoms. The summed E-state index contributed by atoms with van der Waals surface area (Å²) in [7, 11) is 0. The van der Waals surface area contributed by atoms with Gasteiger partial charge in [-0.1, -0.05) is 0 Å². The van der Waals surface area contributed by atoms with Gasteiger partial charge in [-0.3, -0.25) is 0 Å². The Bertz CT molecular complexity index is 355. The quantitative estimate of drug-likeness (QED) is 0.272. The highest BCUT2D eigenvalue weighted by atomic mass is 127. The van der Waals surface area contributed by atoms with Gasteiger partial charge in [0.2, 0.25) is 0 Å². The Balaban J connectivity index is 2.92. The van der Waals surface area contributed by atoms with Crippen LogP contribution in [0.1, 0.15) is 6.92 Å². The first-order chi connectivity index (χ1) is 7.07. The maximum Gasteiger partial charge on any atom is 0.189 e. The minimum Gasteiger partial charge on any atom is -0.507 e.